The van der Waals surface area contributed by atoms with Crippen molar-refractivity contribution >= 4 is 40.2 Å². The highest BCUT2D eigenvalue weighted by molar-refractivity contribution is 6.06. The van der Waals surface area contributed by atoms with Gasteiger partial charge in [-0.3, -0.25) is 14.4 Å². The fourth-order valence-electron chi connectivity index (χ4n) is 5.23. The highest BCUT2D eigenvalue weighted by Crippen LogP contribution is 2.33. The van der Waals surface area contributed by atoms with Crippen molar-refractivity contribution in [1.29, 1.82) is 0 Å². The standard InChI is InChI=1S/C30H33F2N11O2/c1-17-12-35-30(38-24-11-18(2)42(3)41-24)40-27(17)21-13-34-28-20(21)5-4-6-22(28)37-25(44)16-43-10-8-19(15-43)45-26-7-9-33-29(39-26)36-14-23(31)32/h4-7,9,11-13,19,23,34H,8,10,14-16H2,1-3H3,(H,37,44)(H,33,36,39)(H,35,38,40,41). The molecule has 1 aliphatic heterocycles. The molecular weight excluding hydrogens is 584 g/mol. The number of benzene rings is 1. The van der Waals surface area contributed by atoms with Crippen LogP contribution in [-0.4, -0.2) is 84.2 Å². The number of alkyl halides is 2. The summed E-state index contributed by atoms with van der Waals surface area (Å²) in [6, 6.07) is 9.24. The first kappa shape index (κ1) is 29.9. The van der Waals surface area contributed by atoms with Crippen LogP contribution < -0.4 is 20.7 Å². The van der Waals surface area contributed by atoms with E-state index in [-0.39, 0.29) is 24.5 Å². The Kier molecular flexibility index (Phi) is 8.51. The molecule has 5 heterocycles. The van der Waals surface area contributed by atoms with Gasteiger partial charge in [0.05, 0.1) is 30.0 Å². The Morgan fingerprint density at radius 3 is 2.84 bits per heavy atom. The Hall–Kier alpha value is -5.18. The summed E-state index contributed by atoms with van der Waals surface area (Å²) in [5, 5.41) is 14.0. The van der Waals surface area contributed by atoms with Gasteiger partial charge >= 0.3 is 0 Å². The number of rotatable bonds is 11. The number of H-pyrrole nitrogens is 1. The summed E-state index contributed by atoms with van der Waals surface area (Å²) in [6.45, 7) is 4.75. The monoisotopic (exact) mass is 617 g/mol. The maximum atomic E-state index is 13.1. The van der Waals surface area contributed by atoms with Crippen LogP contribution in [0.3, 0.4) is 0 Å². The lowest BCUT2D eigenvalue weighted by Gasteiger charge is -2.17. The number of aryl methyl sites for hydroxylation is 3. The van der Waals surface area contributed by atoms with Crippen LogP contribution >= 0.6 is 0 Å². The summed E-state index contributed by atoms with van der Waals surface area (Å²) in [7, 11) is 1.88. The highest BCUT2D eigenvalue weighted by Gasteiger charge is 2.26. The van der Waals surface area contributed by atoms with Gasteiger partial charge in [-0.2, -0.15) is 10.1 Å². The number of carbonyl (C=O) groups excluding carboxylic acids is 1. The minimum Gasteiger partial charge on any atom is -0.473 e. The van der Waals surface area contributed by atoms with Crippen LogP contribution in [0.1, 0.15) is 17.7 Å². The SMILES string of the molecule is Cc1cnc(Nc2cc(C)n(C)n2)nc1-c1c[nH]c2c(NC(=O)CN3CCC(Oc4ccnc(NCC(F)F)n4)C3)cccc12. The number of hydrogen-bond acceptors (Lipinski definition) is 10. The summed E-state index contributed by atoms with van der Waals surface area (Å²) in [4.78, 5) is 35.7. The number of anilines is 4. The molecule has 1 amide bonds. The highest BCUT2D eigenvalue weighted by atomic mass is 19.3. The molecule has 4 N–H and O–H groups in total. The zero-order valence-corrected chi connectivity index (χ0v) is 25.0. The molecule has 0 spiro atoms. The van der Waals surface area contributed by atoms with Gasteiger partial charge in [0, 0.05) is 67.5 Å². The normalized spacial score (nSPS) is 15.1. The molecule has 45 heavy (non-hydrogen) atoms. The molecule has 6 rings (SSSR count). The average molecular weight is 618 g/mol. The summed E-state index contributed by atoms with van der Waals surface area (Å²) < 4.78 is 32.7. The molecule has 1 fully saturated rings. The van der Waals surface area contributed by atoms with Crippen LogP contribution in [0.5, 0.6) is 5.88 Å². The van der Waals surface area contributed by atoms with E-state index in [1.165, 1.54) is 6.20 Å². The number of carbonyl (C=O) groups is 1. The van der Waals surface area contributed by atoms with Crippen LogP contribution in [0.2, 0.25) is 0 Å². The van der Waals surface area contributed by atoms with E-state index in [9.17, 15) is 13.6 Å². The number of nitrogens with zero attached hydrogens (tertiary/aromatic N) is 7. The van der Waals surface area contributed by atoms with E-state index in [1.54, 1.807) is 16.9 Å². The quantitative estimate of drug-likeness (QED) is 0.169. The van der Waals surface area contributed by atoms with Crippen LogP contribution in [-0.2, 0) is 11.8 Å². The van der Waals surface area contributed by atoms with Gasteiger partial charge in [0.25, 0.3) is 6.43 Å². The Bertz CT molecular complexity index is 1800. The van der Waals surface area contributed by atoms with E-state index in [0.29, 0.717) is 42.8 Å². The van der Waals surface area contributed by atoms with Crippen molar-refractivity contribution in [2.75, 3.05) is 42.1 Å². The van der Waals surface area contributed by atoms with E-state index in [0.717, 1.165) is 33.4 Å². The van der Waals surface area contributed by atoms with Crippen LogP contribution in [0.4, 0.5) is 32.2 Å². The van der Waals surface area contributed by atoms with Gasteiger partial charge in [-0.05, 0) is 31.9 Å². The number of likely N-dealkylation sites (tertiary alicyclic amines) is 1. The van der Waals surface area contributed by atoms with E-state index in [2.05, 4.69) is 41.0 Å². The molecule has 1 aliphatic rings. The number of halogens is 2. The molecule has 1 saturated heterocycles. The second-order valence-electron chi connectivity index (χ2n) is 10.9. The third-order valence-corrected chi connectivity index (χ3v) is 7.50. The lowest BCUT2D eigenvalue weighted by Crippen LogP contribution is -2.33. The molecule has 0 saturated carbocycles. The average Bonchev–Trinajstić information content (AvgIpc) is 3.72. The van der Waals surface area contributed by atoms with Crippen LogP contribution in [0.15, 0.2) is 48.9 Å². The van der Waals surface area contributed by atoms with Crippen molar-refractivity contribution in [2.45, 2.75) is 32.8 Å². The molecule has 0 radical (unpaired) electrons. The molecule has 0 aliphatic carbocycles. The second-order valence-corrected chi connectivity index (χ2v) is 10.9. The molecule has 15 heteroatoms. The number of hydrogen-bond donors (Lipinski definition) is 4. The molecule has 1 aromatic carbocycles. The first-order valence-electron chi connectivity index (χ1n) is 14.5. The topological polar surface area (TPSA) is 151 Å². The van der Waals surface area contributed by atoms with Gasteiger partial charge in [-0.1, -0.05) is 12.1 Å². The second kappa shape index (κ2) is 12.8. The number of amides is 1. The van der Waals surface area contributed by atoms with Crippen molar-refractivity contribution in [3.05, 3.63) is 60.2 Å². The maximum Gasteiger partial charge on any atom is 0.255 e. The third-order valence-electron chi connectivity index (χ3n) is 7.50. The lowest BCUT2D eigenvalue weighted by atomic mass is 10.1. The number of aromatic nitrogens is 7. The number of aromatic amines is 1. The minimum absolute atomic E-state index is 0.0789. The Morgan fingerprint density at radius 2 is 2.04 bits per heavy atom. The largest absolute Gasteiger partial charge is 0.473 e. The fraction of sp³-hybridized carbons (Fsp3) is 0.333. The first-order chi connectivity index (χ1) is 21.7. The smallest absolute Gasteiger partial charge is 0.255 e. The first-order valence-corrected chi connectivity index (χ1v) is 14.5. The molecule has 1 unspecified atom stereocenters. The molecule has 13 nitrogen and oxygen atoms in total. The molecule has 234 valence electrons. The van der Waals surface area contributed by atoms with Crippen LogP contribution in [0.25, 0.3) is 22.2 Å². The lowest BCUT2D eigenvalue weighted by molar-refractivity contribution is -0.117. The van der Waals surface area contributed by atoms with Crippen molar-refractivity contribution in [3.8, 4) is 17.1 Å². The summed E-state index contributed by atoms with van der Waals surface area (Å²) in [5.41, 5.74) is 5.01. The van der Waals surface area contributed by atoms with Gasteiger partial charge in [0.1, 0.15) is 6.10 Å². The third kappa shape index (κ3) is 6.98. The summed E-state index contributed by atoms with van der Waals surface area (Å²) in [6.07, 6.45) is 3.09. The molecular formula is C30H33F2N11O2. The van der Waals surface area contributed by atoms with Crippen molar-refractivity contribution in [1.82, 2.24) is 39.6 Å². The molecule has 0 bridgehead atoms. The number of nitrogens with one attached hydrogen (secondary N) is 4. The van der Waals surface area contributed by atoms with Gasteiger partial charge < -0.3 is 25.7 Å². The van der Waals surface area contributed by atoms with Gasteiger partial charge in [0.2, 0.25) is 23.7 Å². The van der Waals surface area contributed by atoms with Crippen molar-refractivity contribution in [2.24, 2.45) is 7.05 Å². The maximum absolute atomic E-state index is 13.1. The van der Waals surface area contributed by atoms with E-state index in [1.807, 2.05) is 56.3 Å². The zero-order valence-electron chi connectivity index (χ0n) is 25.0. The van der Waals surface area contributed by atoms with Gasteiger partial charge in [-0.15, -0.1) is 0 Å². The summed E-state index contributed by atoms with van der Waals surface area (Å²) >= 11 is 0. The predicted molar refractivity (Wildman–Crippen MR) is 166 cm³/mol. The van der Waals surface area contributed by atoms with Crippen molar-refractivity contribution in [3.63, 3.8) is 0 Å². The number of para-hydroxylation sites is 1. The molecule has 1 atom stereocenters. The summed E-state index contributed by atoms with van der Waals surface area (Å²) in [5.74, 6) is 1.31. The van der Waals surface area contributed by atoms with E-state index < -0.39 is 13.0 Å². The zero-order chi connectivity index (χ0) is 31.5. The van der Waals surface area contributed by atoms with E-state index in [4.69, 9.17) is 9.72 Å². The Labute approximate surface area is 257 Å². The fourth-order valence-corrected chi connectivity index (χ4v) is 5.23. The number of fused-ring (bicyclic) bond motifs is 1. The van der Waals surface area contributed by atoms with Gasteiger partial charge in [-0.25, -0.2) is 23.7 Å². The minimum atomic E-state index is -2.51. The van der Waals surface area contributed by atoms with Crippen LogP contribution in [0, 0.1) is 13.8 Å². The Morgan fingerprint density at radius 1 is 1.18 bits per heavy atom. The molecule has 5 aromatic rings. The number of ether oxygens (including phenoxy) is 1. The predicted octanol–water partition coefficient (Wildman–Crippen LogP) is 4.28. The van der Waals surface area contributed by atoms with Gasteiger partial charge in [0.15, 0.2) is 5.82 Å². The Balaban J connectivity index is 1.09. The van der Waals surface area contributed by atoms with E-state index >= 15 is 0 Å². The van der Waals surface area contributed by atoms with Crippen molar-refractivity contribution < 1.29 is 18.3 Å². The molecule has 4 aromatic heterocycles.